The van der Waals surface area contributed by atoms with Crippen LogP contribution in [-0.2, 0) is 0 Å². The Morgan fingerprint density at radius 2 is 2.00 bits per heavy atom. The van der Waals surface area contributed by atoms with Gasteiger partial charge in [-0.25, -0.2) is 4.39 Å². The molecule has 0 unspecified atom stereocenters. The smallest absolute Gasteiger partial charge is 0.102 e. The van der Waals surface area contributed by atoms with Gasteiger partial charge < -0.3 is 0 Å². The molecule has 0 saturated carbocycles. The van der Waals surface area contributed by atoms with Gasteiger partial charge >= 0.3 is 0 Å². The van der Waals surface area contributed by atoms with Crippen molar-refractivity contribution in [3.63, 3.8) is 0 Å². The third kappa shape index (κ3) is 4.07. The van der Waals surface area contributed by atoms with Gasteiger partial charge in [0.2, 0.25) is 0 Å². The highest BCUT2D eigenvalue weighted by Gasteiger charge is 2.06. The highest BCUT2D eigenvalue weighted by molar-refractivity contribution is 6.18. The van der Waals surface area contributed by atoms with Crippen LogP contribution in [0.1, 0.15) is 13.8 Å². The van der Waals surface area contributed by atoms with Gasteiger partial charge in [0.15, 0.2) is 0 Å². The van der Waals surface area contributed by atoms with E-state index in [4.69, 9.17) is 11.6 Å². The topological polar surface area (TPSA) is 3.24 Å². The van der Waals surface area contributed by atoms with Gasteiger partial charge in [0.05, 0.1) is 0 Å². The van der Waals surface area contributed by atoms with Crippen molar-refractivity contribution in [2.75, 3.05) is 25.6 Å². The van der Waals surface area contributed by atoms with Crippen molar-refractivity contribution < 1.29 is 4.39 Å². The summed E-state index contributed by atoms with van der Waals surface area (Å²) in [6.45, 7) is 5.09. The van der Waals surface area contributed by atoms with E-state index < -0.39 is 0 Å². The molecule has 0 aliphatic rings. The van der Waals surface area contributed by atoms with E-state index in [0.717, 1.165) is 6.54 Å². The van der Waals surface area contributed by atoms with Gasteiger partial charge in [-0.1, -0.05) is 0 Å². The Morgan fingerprint density at radius 1 is 1.40 bits per heavy atom. The molecule has 0 saturated heterocycles. The molecule has 0 N–H and O–H groups in total. The molecule has 0 fully saturated rings. The van der Waals surface area contributed by atoms with Crippen molar-refractivity contribution in [3.8, 4) is 0 Å². The molecule has 0 amide bonds. The minimum Gasteiger partial charge on any atom is -0.297 e. The van der Waals surface area contributed by atoms with Crippen LogP contribution in [0.15, 0.2) is 0 Å². The summed E-state index contributed by atoms with van der Waals surface area (Å²) < 4.78 is 11.8. The maximum absolute atomic E-state index is 11.8. The van der Waals surface area contributed by atoms with Crippen LogP contribution in [-0.4, -0.2) is 36.6 Å². The number of halogens is 2. The van der Waals surface area contributed by atoms with Gasteiger partial charge in [0.25, 0.3) is 0 Å². The average molecular weight is 168 g/mol. The minimum atomic E-state index is -0.283. The van der Waals surface area contributed by atoms with E-state index >= 15 is 0 Å². The van der Waals surface area contributed by atoms with Gasteiger partial charge in [0.1, 0.15) is 6.67 Å². The van der Waals surface area contributed by atoms with E-state index in [1.54, 1.807) is 0 Å². The number of nitrogens with zero attached hydrogens (tertiary/aromatic N) is 1. The Bertz CT molecular complexity index is 72.0. The summed E-state index contributed by atoms with van der Waals surface area (Å²) in [7, 11) is 0. The lowest BCUT2D eigenvalue weighted by Crippen LogP contribution is -2.34. The van der Waals surface area contributed by atoms with Gasteiger partial charge in [-0.05, 0) is 13.8 Å². The quantitative estimate of drug-likeness (QED) is 0.566. The van der Waals surface area contributed by atoms with Crippen LogP contribution < -0.4 is 0 Å². The van der Waals surface area contributed by atoms with Gasteiger partial charge in [-0.2, -0.15) is 0 Å². The molecule has 0 bridgehead atoms. The lowest BCUT2D eigenvalue weighted by atomic mass is 10.3. The molecule has 0 spiro atoms. The molecule has 1 nitrogen and oxygen atoms in total. The van der Waals surface area contributed by atoms with Crippen LogP contribution in [0.4, 0.5) is 4.39 Å². The molecule has 0 heterocycles. The molecule has 0 aromatic heterocycles. The predicted molar refractivity (Wildman–Crippen MR) is 43.4 cm³/mol. The fourth-order valence-corrected chi connectivity index (χ4v) is 1.06. The molecular weight excluding hydrogens is 153 g/mol. The van der Waals surface area contributed by atoms with Crippen molar-refractivity contribution in [1.82, 2.24) is 4.90 Å². The molecule has 3 heteroatoms. The fraction of sp³-hybridized carbons (Fsp3) is 1.00. The lowest BCUT2D eigenvalue weighted by molar-refractivity contribution is 0.215. The van der Waals surface area contributed by atoms with Crippen molar-refractivity contribution >= 4 is 11.6 Å². The van der Waals surface area contributed by atoms with Crippen molar-refractivity contribution in [3.05, 3.63) is 0 Å². The van der Waals surface area contributed by atoms with E-state index in [-0.39, 0.29) is 6.67 Å². The Hall–Kier alpha value is 0.180. The maximum atomic E-state index is 11.8. The summed E-state index contributed by atoms with van der Waals surface area (Å²) in [5.74, 6) is 0.582. The molecular formula is C7H15ClFN. The fourth-order valence-electron chi connectivity index (χ4n) is 0.845. The first-order valence-electron chi connectivity index (χ1n) is 3.58. The first-order valence-corrected chi connectivity index (χ1v) is 4.11. The van der Waals surface area contributed by atoms with E-state index in [1.165, 1.54) is 0 Å². The summed E-state index contributed by atoms with van der Waals surface area (Å²) in [5, 5.41) is 0. The third-order valence-electron chi connectivity index (χ3n) is 1.47. The molecule has 0 rings (SSSR count). The van der Waals surface area contributed by atoms with Crippen molar-refractivity contribution in [2.24, 2.45) is 0 Å². The second-order valence-corrected chi connectivity index (χ2v) is 2.89. The average Bonchev–Trinajstić information content (AvgIpc) is 1.87. The monoisotopic (exact) mass is 167 g/mol. The van der Waals surface area contributed by atoms with Crippen LogP contribution in [0, 0.1) is 0 Å². The SMILES string of the molecule is CC(C)N(CCF)CCCl. The number of hydrogen-bond acceptors (Lipinski definition) is 1. The Morgan fingerprint density at radius 3 is 2.30 bits per heavy atom. The summed E-state index contributed by atoms with van der Waals surface area (Å²) in [5.41, 5.74) is 0. The third-order valence-corrected chi connectivity index (χ3v) is 1.64. The number of rotatable bonds is 5. The van der Waals surface area contributed by atoms with Crippen LogP contribution in [0.3, 0.4) is 0 Å². The normalized spacial score (nSPS) is 11.4. The molecule has 62 valence electrons. The van der Waals surface area contributed by atoms with Crippen LogP contribution in [0.25, 0.3) is 0 Å². The van der Waals surface area contributed by atoms with Gasteiger partial charge in [0, 0.05) is 25.0 Å². The molecule has 0 aromatic rings. The van der Waals surface area contributed by atoms with E-state index in [2.05, 4.69) is 0 Å². The first-order chi connectivity index (χ1) is 4.72. The molecule has 0 radical (unpaired) electrons. The van der Waals surface area contributed by atoms with Crippen molar-refractivity contribution in [1.29, 1.82) is 0 Å². The highest BCUT2D eigenvalue weighted by atomic mass is 35.5. The zero-order valence-electron chi connectivity index (χ0n) is 6.61. The lowest BCUT2D eigenvalue weighted by Gasteiger charge is -2.23. The largest absolute Gasteiger partial charge is 0.297 e. The van der Waals surface area contributed by atoms with Gasteiger partial charge in [-0.3, -0.25) is 4.90 Å². The highest BCUT2D eigenvalue weighted by Crippen LogP contribution is 1.97. The number of hydrogen-bond donors (Lipinski definition) is 0. The zero-order chi connectivity index (χ0) is 7.98. The van der Waals surface area contributed by atoms with E-state index in [9.17, 15) is 4.39 Å². The second kappa shape index (κ2) is 5.93. The Kier molecular flexibility index (Phi) is 6.03. The molecule has 0 aliphatic carbocycles. The molecule has 10 heavy (non-hydrogen) atoms. The summed E-state index contributed by atoms with van der Waals surface area (Å²) in [4.78, 5) is 2.02. The second-order valence-electron chi connectivity index (χ2n) is 2.51. The maximum Gasteiger partial charge on any atom is 0.102 e. The first kappa shape index (κ1) is 10.2. The van der Waals surface area contributed by atoms with Gasteiger partial charge in [-0.15, -0.1) is 11.6 Å². The molecule has 0 aromatic carbocycles. The summed E-state index contributed by atoms with van der Waals surface area (Å²) in [6.07, 6.45) is 0. The van der Waals surface area contributed by atoms with E-state index in [0.29, 0.717) is 18.5 Å². The van der Waals surface area contributed by atoms with Crippen molar-refractivity contribution in [2.45, 2.75) is 19.9 Å². The van der Waals surface area contributed by atoms with Crippen LogP contribution in [0.5, 0.6) is 0 Å². The summed E-state index contributed by atoms with van der Waals surface area (Å²) in [6, 6.07) is 0.398. The van der Waals surface area contributed by atoms with Crippen LogP contribution >= 0.6 is 11.6 Å². The summed E-state index contributed by atoms with van der Waals surface area (Å²) >= 11 is 5.51. The standard InChI is InChI=1S/C7H15ClFN/c1-7(2)10(5-3-8)6-4-9/h7H,3-6H2,1-2H3. The van der Waals surface area contributed by atoms with Crippen LogP contribution in [0.2, 0.25) is 0 Å². The Labute approximate surface area is 67.2 Å². The Balaban J connectivity index is 3.50. The number of alkyl halides is 2. The predicted octanol–water partition coefficient (Wildman–Crippen LogP) is 1.91. The minimum absolute atomic E-state index is 0.283. The molecule has 0 aliphatic heterocycles. The van der Waals surface area contributed by atoms with E-state index in [1.807, 2.05) is 18.7 Å². The zero-order valence-corrected chi connectivity index (χ0v) is 7.36. The molecule has 0 atom stereocenters.